The maximum atomic E-state index is 11.4. The smallest absolute Gasteiger partial charge is 0.337 e. The highest BCUT2D eigenvalue weighted by Gasteiger charge is 2.11. The van der Waals surface area contributed by atoms with Gasteiger partial charge in [-0.15, -0.1) is 0 Å². The van der Waals surface area contributed by atoms with E-state index >= 15 is 0 Å². The fraction of sp³-hybridized carbons (Fsp3) is 0.0476. The number of carboxylic acids is 1. The minimum absolute atomic E-state index is 0.135. The van der Waals surface area contributed by atoms with Gasteiger partial charge in [0.05, 0.1) is 23.5 Å². The molecule has 0 spiro atoms. The average molecular weight is 378 g/mol. The summed E-state index contributed by atoms with van der Waals surface area (Å²) >= 11 is 5.91. The molecule has 0 radical (unpaired) electrons. The van der Waals surface area contributed by atoms with Crippen molar-refractivity contribution in [3.05, 3.63) is 89.3 Å². The number of aromatic carboxylic acids is 1. The highest BCUT2D eigenvalue weighted by Crippen LogP contribution is 2.27. The highest BCUT2D eigenvalue weighted by molar-refractivity contribution is 6.31. The first-order chi connectivity index (χ1) is 13.1. The van der Waals surface area contributed by atoms with Crippen LogP contribution in [0.5, 0.6) is 0 Å². The Morgan fingerprint density at radius 2 is 2.00 bits per heavy atom. The number of nitrogens with zero attached hydrogens (tertiary/aromatic N) is 2. The summed E-state index contributed by atoms with van der Waals surface area (Å²) in [5.74, 6) is -1.03. The predicted octanol–water partition coefficient (Wildman–Crippen LogP) is 5.18. The zero-order valence-electron chi connectivity index (χ0n) is 14.3. The van der Waals surface area contributed by atoms with Gasteiger partial charge in [0.25, 0.3) is 0 Å². The topological polar surface area (TPSA) is 67.2 Å². The number of hydrogen-bond acceptors (Lipinski definition) is 3. The van der Waals surface area contributed by atoms with Gasteiger partial charge in [0, 0.05) is 34.0 Å². The summed E-state index contributed by atoms with van der Waals surface area (Å²) in [6.07, 6.45) is 3.81. The molecule has 134 valence electrons. The van der Waals surface area contributed by atoms with Gasteiger partial charge in [-0.2, -0.15) is 0 Å². The van der Waals surface area contributed by atoms with E-state index in [4.69, 9.17) is 11.6 Å². The molecule has 5 nitrogen and oxygen atoms in total. The zero-order chi connectivity index (χ0) is 18.8. The van der Waals surface area contributed by atoms with Crippen LogP contribution in [0.3, 0.4) is 0 Å². The maximum Gasteiger partial charge on any atom is 0.337 e. The number of carbonyl (C=O) groups is 1. The van der Waals surface area contributed by atoms with Crippen LogP contribution in [-0.4, -0.2) is 20.6 Å². The molecule has 6 heteroatoms. The number of aromatic nitrogens is 2. The summed E-state index contributed by atoms with van der Waals surface area (Å²) in [6, 6.07) is 18.6. The molecule has 2 aromatic carbocycles. The monoisotopic (exact) mass is 377 g/mol. The van der Waals surface area contributed by atoms with Crippen LogP contribution in [0.1, 0.15) is 16.1 Å². The molecule has 27 heavy (non-hydrogen) atoms. The molecule has 2 heterocycles. The Morgan fingerprint density at radius 1 is 1.11 bits per heavy atom. The minimum Gasteiger partial charge on any atom is -0.478 e. The number of benzene rings is 2. The van der Waals surface area contributed by atoms with Crippen molar-refractivity contribution < 1.29 is 9.90 Å². The van der Waals surface area contributed by atoms with Gasteiger partial charge in [0.15, 0.2) is 0 Å². The Morgan fingerprint density at radius 3 is 2.78 bits per heavy atom. The van der Waals surface area contributed by atoms with E-state index in [0.29, 0.717) is 17.3 Å². The molecule has 0 atom stereocenters. The van der Waals surface area contributed by atoms with E-state index in [1.807, 2.05) is 48.7 Å². The van der Waals surface area contributed by atoms with Crippen LogP contribution in [0, 0.1) is 0 Å². The molecule has 0 aliphatic carbocycles. The standard InChI is InChI=1S/C21H16ClN3O2/c22-15-4-6-19(18(12-15)21(26)27)24-16-5-7-20-14(11-16)8-10-25(20)13-17-3-1-2-9-23-17/h1-12,24H,13H2,(H,26,27). The van der Waals surface area contributed by atoms with Gasteiger partial charge in [-0.05, 0) is 54.6 Å². The maximum absolute atomic E-state index is 11.4. The molecule has 0 saturated carbocycles. The highest BCUT2D eigenvalue weighted by atomic mass is 35.5. The normalized spacial score (nSPS) is 10.9. The summed E-state index contributed by atoms with van der Waals surface area (Å²) in [4.78, 5) is 15.8. The first-order valence-corrected chi connectivity index (χ1v) is 8.76. The van der Waals surface area contributed by atoms with Gasteiger partial charge in [-0.25, -0.2) is 4.79 Å². The lowest BCUT2D eigenvalue weighted by molar-refractivity contribution is 0.0698. The number of anilines is 2. The van der Waals surface area contributed by atoms with Crippen molar-refractivity contribution in [2.24, 2.45) is 0 Å². The number of fused-ring (bicyclic) bond motifs is 1. The molecule has 2 N–H and O–H groups in total. The third-order valence-corrected chi connectivity index (χ3v) is 4.56. The largest absolute Gasteiger partial charge is 0.478 e. The lowest BCUT2D eigenvalue weighted by atomic mass is 10.1. The van der Waals surface area contributed by atoms with Gasteiger partial charge in [-0.1, -0.05) is 17.7 Å². The Bertz CT molecular complexity index is 1120. The van der Waals surface area contributed by atoms with Gasteiger partial charge in [-0.3, -0.25) is 4.98 Å². The number of halogens is 1. The fourth-order valence-corrected chi connectivity index (χ4v) is 3.21. The van der Waals surface area contributed by atoms with Crippen molar-refractivity contribution >= 4 is 39.8 Å². The Kier molecular flexibility index (Phi) is 4.52. The van der Waals surface area contributed by atoms with E-state index < -0.39 is 5.97 Å². The molecule has 0 fully saturated rings. The number of nitrogens with one attached hydrogen (secondary N) is 1. The molecule has 0 amide bonds. The van der Waals surface area contributed by atoms with E-state index in [1.54, 1.807) is 18.3 Å². The van der Waals surface area contributed by atoms with Gasteiger partial charge in [0.2, 0.25) is 0 Å². The second kappa shape index (κ2) is 7.13. The second-order valence-corrected chi connectivity index (χ2v) is 6.59. The van der Waals surface area contributed by atoms with E-state index in [-0.39, 0.29) is 5.56 Å². The number of pyridine rings is 1. The van der Waals surface area contributed by atoms with Crippen LogP contribution in [0.15, 0.2) is 73.1 Å². The summed E-state index contributed by atoms with van der Waals surface area (Å²) in [6.45, 7) is 0.692. The first kappa shape index (κ1) is 17.1. The quantitative estimate of drug-likeness (QED) is 0.503. The Hall–Kier alpha value is -3.31. The average Bonchev–Trinajstić information content (AvgIpc) is 3.06. The molecule has 0 aliphatic heterocycles. The zero-order valence-corrected chi connectivity index (χ0v) is 15.0. The summed E-state index contributed by atoms with van der Waals surface area (Å²) < 4.78 is 2.13. The van der Waals surface area contributed by atoms with Gasteiger partial charge in [0.1, 0.15) is 0 Å². The molecule has 0 unspecified atom stereocenters. The molecular weight excluding hydrogens is 362 g/mol. The first-order valence-electron chi connectivity index (χ1n) is 8.39. The molecule has 0 bridgehead atoms. The third-order valence-electron chi connectivity index (χ3n) is 4.32. The molecular formula is C21H16ClN3O2. The van der Waals surface area contributed by atoms with Crippen LogP contribution >= 0.6 is 11.6 Å². The predicted molar refractivity (Wildman–Crippen MR) is 107 cm³/mol. The van der Waals surface area contributed by atoms with E-state index in [0.717, 1.165) is 22.3 Å². The van der Waals surface area contributed by atoms with Crippen LogP contribution < -0.4 is 5.32 Å². The number of hydrogen-bond donors (Lipinski definition) is 2. The molecule has 4 aromatic rings. The lowest BCUT2D eigenvalue weighted by Gasteiger charge is -2.11. The van der Waals surface area contributed by atoms with Crippen molar-refractivity contribution in [1.29, 1.82) is 0 Å². The van der Waals surface area contributed by atoms with Crippen molar-refractivity contribution in [1.82, 2.24) is 9.55 Å². The van der Waals surface area contributed by atoms with E-state index in [1.165, 1.54) is 6.07 Å². The van der Waals surface area contributed by atoms with Crippen LogP contribution in [0.25, 0.3) is 10.9 Å². The Balaban J connectivity index is 1.63. The lowest BCUT2D eigenvalue weighted by Crippen LogP contribution is -2.03. The molecule has 0 aliphatic rings. The number of rotatable bonds is 5. The van der Waals surface area contributed by atoms with Crippen LogP contribution in [-0.2, 0) is 6.54 Å². The summed E-state index contributed by atoms with van der Waals surface area (Å²) in [5, 5.41) is 14.0. The van der Waals surface area contributed by atoms with Crippen molar-refractivity contribution in [2.75, 3.05) is 5.32 Å². The van der Waals surface area contributed by atoms with Crippen LogP contribution in [0.2, 0.25) is 5.02 Å². The van der Waals surface area contributed by atoms with Gasteiger partial charge < -0.3 is 15.0 Å². The fourth-order valence-electron chi connectivity index (χ4n) is 3.04. The summed E-state index contributed by atoms with van der Waals surface area (Å²) in [5.41, 5.74) is 3.52. The second-order valence-electron chi connectivity index (χ2n) is 6.16. The SMILES string of the molecule is O=C(O)c1cc(Cl)ccc1Nc1ccc2c(ccn2Cc2ccccn2)c1. The van der Waals surface area contributed by atoms with Crippen LogP contribution in [0.4, 0.5) is 11.4 Å². The summed E-state index contributed by atoms with van der Waals surface area (Å²) in [7, 11) is 0. The van der Waals surface area contributed by atoms with Gasteiger partial charge >= 0.3 is 5.97 Å². The van der Waals surface area contributed by atoms with Crippen molar-refractivity contribution in [3.8, 4) is 0 Å². The third kappa shape index (κ3) is 3.64. The molecule has 2 aromatic heterocycles. The Labute approximate surface area is 160 Å². The van der Waals surface area contributed by atoms with E-state index in [2.05, 4.69) is 14.9 Å². The van der Waals surface area contributed by atoms with Crippen molar-refractivity contribution in [3.63, 3.8) is 0 Å². The van der Waals surface area contributed by atoms with E-state index in [9.17, 15) is 9.90 Å². The van der Waals surface area contributed by atoms with Crippen molar-refractivity contribution in [2.45, 2.75) is 6.54 Å². The molecule has 4 rings (SSSR count). The molecule has 0 saturated heterocycles. The number of carboxylic acid groups (broad SMARTS) is 1. The minimum atomic E-state index is -1.03.